The van der Waals surface area contributed by atoms with Crippen molar-refractivity contribution < 1.29 is 23.5 Å². The van der Waals surface area contributed by atoms with Gasteiger partial charge in [-0.15, -0.1) is 0 Å². The SMILES string of the molecule is CCOC(=O)C[C@@H](c1ccc(F)cc1)C1CCN(C(=O)[C@H]2Cc3ccccc3O2)CC1. The van der Waals surface area contributed by atoms with Gasteiger partial charge in [-0.1, -0.05) is 30.3 Å². The van der Waals surface area contributed by atoms with Gasteiger partial charge in [0.2, 0.25) is 0 Å². The van der Waals surface area contributed by atoms with Crippen LogP contribution in [-0.4, -0.2) is 42.6 Å². The monoisotopic (exact) mass is 425 g/mol. The van der Waals surface area contributed by atoms with Crippen LogP contribution in [0.4, 0.5) is 4.39 Å². The molecular formula is C25H28FNO4. The number of nitrogens with zero attached hydrogens (tertiary/aromatic N) is 1. The molecule has 0 bridgehead atoms. The minimum Gasteiger partial charge on any atom is -0.480 e. The van der Waals surface area contributed by atoms with E-state index in [1.807, 2.05) is 29.2 Å². The first kappa shape index (κ1) is 21.3. The van der Waals surface area contributed by atoms with E-state index in [1.165, 1.54) is 12.1 Å². The van der Waals surface area contributed by atoms with Crippen molar-refractivity contribution in [3.8, 4) is 5.75 Å². The summed E-state index contributed by atoms with van der Waals surface area (Å²) in [7, 11) is 0. The summed E-state index contributed by atoms with van der Waals surface area (Å²) in [5.74, 6) is 0.452. The minimum atomic E-state index is -0.457. The maximum absolute atomic E-state index is 13.4. The van der Waals surface area contributed by atoms with Crippen LogP contribution in [0, 0.1) is 11.7 Å². The van der Waals surface area contributed by atoms with Crippen LogP contribution in [0.25, 0.3) is 0 Å². The molecule has 2 aromatic carbocycles. The van der Waals surface area contributed by atoms with Gasteiger partial charge < -0.3 is 14.4 Å². The number of piperidine rings is 1. The largest absolute Gasteiger partial charge is 0.480 e. The van der Waals surface area contributed by atoms with Crippen molar-refractivity contribution in [2.75, 3.05) is 19.7 Å². The number of benzene rings is 2. The molecule has 0 aliphatic carbocycles. The second kappa shape index (κ2) is 9.50. The van der Waals surface area contributed by atoms with E-state index in [-0.39, 0.29) is 36.0 Å². The number of ether oxygens (including phenoxy) is 2. The van der Waals surface area contributed by atoms with Crippen molar-refractivity contribution in [2.24, 2.45) is 5.92 Å². The third-order valence-corrected chi connectivity index (χ3v) is 6.33. The molecule has 164 valence electrons. The molecule has 2 aliphatic rings. The Labute approximate surface area is 182 Å². The number of fused-ring (bicyclic) bond motifs is 1. The predicted octanol–water partition coefficient (Wildman–Crippen LogP) is 4.10. The van der Waals surface area contributed by atoms with Gasteiger partial charge in [0.05, 0.1) is 13.0 Å². The third kappa shape index (κ3) is 4.89. The molecule has 0 saturated carbocycles. The summed E-state index contributed by atoms with van der Waals surface area (Å²) < 4.78 is 24.5. The lowest BCUT2D eigenvalue weighted by Gasteiger charge is -2.37. The number of likely N-dealkylation sites (tertiary alicyclic amines) is 1. The Bertz CT molecular complexity index is 896. The van der Waals surface area contributed by atoms with Gasteiger partial charge in [0, 0.05) is 19.5 Å². The summed E-state index contributed by atoms with van der Waals surface area (Å²) in [6.07, 6.45) is 1.98. The van der Waals surface area contributed by atoms with E-state index in [0.717, 1.165) is 29.7 Å². The maximum atomic E-state index is 13.4. The minimum absolute atomic E-state index is 0.0263. The molecule has 6 heteroatoms. The van der Waals surface area contributed by atoms with Crippen molar-refractivity contribution in [3.63, 3.8) is 0 Å². The first-order chi connectivity index (χ1) is 15.0. The number of esters is 1. The molecule has 0 radical (unpaired) electrons. The van der Waals surface area contributed by atoms with E-state index in [2.05, 4.69) is 0 Å². The Morgan fingerprint density at radius 3 is 2.52 bits per heavy atom. The Morgan fingerprint density at radius 2 is 1.84 bits per heavy atom. The fraction of sp³-hybridized carbons (Fsp3) is 0.440. The zero-order valence-corrected chi connectivity index (χ0v) is 17.8. The molecule has 1 saturated heterocycles. The normalized spacial score (nSPS) is 19.4. The molecule has 0 aromatic heterocycles. The van der Waals surface area contributed by atoms with Crippen LogP contribution in [0.5, 0.6) is 5.75 Å². The Kier molecular flexibility index (Phi) is 6.54. The molecular weight excluding hydrogens is 397 g/mol. The fourth-order valence-electron chi connectivity index (χ4n) is 4.71. The summed E-state index contributed by atoms with van der Waals surface area (Å²) in [5.41, 5.74) is 2.01. The highest BCUT2D eigenvalue weighted by molar-refractivity contribution is 5.82. The number of halogens is 1. The lowest BCUT2D eigenvalue weighted by Crippen LogP contribution is -2.46. The maximum Gasteiger partial charge on any atom is 0.306 e. The number of hydrogen-bond acceptors (Lipinski definition) is 4. The molecule has 1 amide bonds. The average Bonchev–Trinajstić information content (AvgIpc) is 3.22. The molecule has 2 atom stereocenters. The average molecular weight is 426 g/mol. The number of carbonyl (C=O) groups excluding carboxylic acids is 2. The molecule has 5 nitrogen and oxygen atoms in total. The number of carbonyl (C=O) groups is 2. The molecule has 2 aromatic rings. The molecule has 2 heterocycles. The van der Waals surface area contributed by atoms with Gasteiger partial charge in [-0.2, -0.15) is 0 Å². The van der Waals surface area contributed by atoms with Crippen LogP contribution in [0.1, 0.15) is 43.2 Å². The second-order valence-electron chi connectivity index (χ2n) is 8.25. The summed E-state index contributed by atoms with van der Waals surface area (Å²) in [6, 6.07) is 14.1. The van der Waals surface area contributed by atoms with Gasteiger partial charge in [-0.05, 0) is 60.9 Å². The van der Waals surface area contributed by atoms with Crippen molar-refractivity contribution in [1.29, 1.82) is 0 Å². The summed E-state index contributed by atoms with van der Waals surface area (Å²) in [5, 5.41) is 0. The van der Waals surface area contributed by atoms with E-state index < -0.39 is 6.10 Å². The predicted molar refractivity (Wildman–Crippen MR) is 114 cm³/mol. The summed E-state index contributed by atoms with van der Waals surface area (Å²) in [6.45, 7) is 3.38. The van der Waals surface area contributed by atoms with Gasteiger partial charge in [0.1, 0.15) is 11.6 Å². The van der Waals surface area contributed by atoms with E-state index in [0.29, 0.717) is 26.1 Å². The van der Waals surface area contributed by atoms with Gasteiger partial charge in [0.25, 0.3) is 5.91 Å². The summed E-state index contributed by atoms with van der Waals surface area (Å²) >= 11 is 0. The van der Waals surface area contributed by atoms with E-state index in [9.17, 15) is 14.0 Å². The van der Waals surface area contributed by atoms with Crippen LogP contribution in [-0.2, 0) is 20.7 Å². The highest BCUT2D eigenvalue weighted by atomic mass is 19.1. The number of rotatable bonds is 6. The molecule has 0 N–H and O–H groups in total. The van der Waals surface area contributed by atoms with Crippen LogP contribution in [0.15, 0.2) is 48.5 Å². The number of amides is 1. The highest BCUT2D eigenvalue weighted by Crippen LogP contribution is 2.36. The standard InChI is InChI=1S/C25H28FNO4/c1-2-30-24(28)16-21(17-7-9-20(26)10-8-17)18-11-13-27(14-12-18)25(29)23-15-19-5-3-4-6-22(19)31-23/h3-10,18,21,23H,2,11-16H2,1H3/t21-,23+/m0/s1. The van der Waals surface area contributed by atoms with Crippen molar-refractivity contribution in [3.05, 3.63) is 65.5 Å². The Balaban J connectivity index is 1.39. The van der Waals surface area contributed by atoms with Crippen molar-refractivity contribution >= 4 is 11.9 Å². The van der Waals surface area contributed by atoms with E-state index in [1.54, 1.807) is 19.1 Å². The van der Waals surface area contributed by atoms with Gasteiger partial charge in [-0.25, -0.2) is 4.39 Å². The Hall–Kier alpha value is -2.89. The molecule has 4 rings (SSSR count). The van der Waals surface area contributed by atoms with Gasteiger partial charge >= 0.3 is 5.97 Å². The molecule has 0 spiro atoms. The van der Waals surface area contributed by atoms with Crippen LogP contribution < -0.4 is 4.74 Å². The van der Waals surface area contributed by atoms with Crippen LogP contribution in [0.2, 0.25) is 0 Å². The number of para-hydroxylation sites is 1. The lowest BCUT2D eigenvalue weighted by molar-refractivity contribution is -0.144. The van der Waals surface area contributed by atoms with Crippen LogP contribution >= 0.6 is 0 Å². The molecule has 1 fully saturated rings. The van der Waals surface area contributed by atoms with Crippen molar-refractivity contribution in [1.82, 2.24) is 4.90 Å². The van der Waals surface area contributed by atoms with Crippen LogP contribution in [0.3, 0.4) is 0 Å². The molecule has 31 heavy (non-hydrogen) atoms. The molecule has 2 aliphatic heterocycles. The first-order valence-corrected chi connectivity index (χ1v) is 11.0. The van der Waals surface area contributed by atoms with Gasteiger partial charge in [0.15, 0.2) is 6.10 Å². The molecule has 0 unspecified atom stereocenters. The zero-order valence-electron chi connectivity index (χ0n) is 17.8. The smallest absolute Gasteiger partial charge is 0.306 e. The lowest BCUT2D eigenvalue weighted by atomic mass is 9.78. The van der Waals surface area contributed by atoms with E-state index >= 15 is 0 Å². The zero-order chi connectivity index (χ0) is 21.8. The quantitative estimate of drug-likeness (QED) is 0.654. The van der Waals surface area contributed by atoms with Crippen molar-refractivity contribution in [2.45, 2.75) is 44.6 Å². The van der Waals surface area contributed by atoms with Gasteiger partial charge in [-0.3, -0.25) is 9.59 Å². The summed E-state index contributed by atoms with van der Waals surface area (Å²) in [4.78, 5) is 27.1. The topological polar surface area (TPSA) is 55.8 Å². The first-order valence-electron chi connectivity index (χ1n) is 11.0. The Morgan fingerprint density at radius 1 is 1.13 bits per heavy atom. The second-order valence-corrected chi connectivity index (χ2v) is 8.25. The highest BCUT2D eigenvalue weighted by Gasteiger charge is 2.36. The number of hydrogen-bond donors (Lipinski definition) is 0. The fourth-order valence-corrected chi connectivity index (χ4v) is 4.71. The third-order valence-electron chi connectivity index (χ3n) is 6.33. The van der Waals surface area contributed by atoms with E-state index in [4.69, 9.17) is 9.47 Å².